The smallest absolute Gasteiger partial charge is 0.286 e. The summed E-state index contributed by atoms with van der Waals surface area (Å²) in [6.45, 7) is 6.53. The van der Waals surface area contributed by atoms with E-state index in [9.17, 15) is 19.7 Å². The first-order chi connectivity index (χ1) is 9.90. The normalized spacial score (nSPS) is 10.4. The Morgan fingerprint density at radius 1 is 1.33 bits per heavy atom. The Bertz CT molecular complexity index is 574. The number of pyridine rings is 1. The fourth-order valence-corrected chi connectivity index (χ4v) is 2.13. The van der Waals surface area contributed by atoms with E-state index in [4.69, 9.17) is 0 Å². The summed E-state index contributed by atoms with van der Waals surface area (Å²) in [6, 6.07) is 1.22. The first kappa shape index (κ1) is 16.9. The van der Waals surface area contributed by atoms with Gasteiger partial charge in [-0.15, -0.1) is 0 Å². The fraction of sp³-hybridized carbons (Fsp3) is 0.571. The lowest BCUT2D eigenvalue weighted by Gasteiger charge is -2.21. The molecule has 0 aliphatic carbocycles. The van der Waals surface area contributed by atoms with Gasteiger partial charge >= 0.3 is 0 Å². The molecule has 0 aromatic carbocycles. The van der Waals surface area contributed by atoms with Crippen molar-refractivity contribution < 1.29 is 9.72 Å². The van der Waals surface area contributed by atoms with E-state index in [1.54, 1.807) is 4.90 Å². The summed E-state index contributed by atoms with van der Waals surface area (Å²) < 4.78 is 1.12. The Labute approximate surface area is 123 Å². The molecule has 0 aliphatic heterocycles. The van der Waals surface area contributed by atoms with Crippen LogP contribution in [0, 0.1) is 17.0 Å². The van der Waals surface area contributed by atoms with Gasteiger partial charge in [0.1, 0.15) is 6.54 Å². The highest BCUT2D eigenvalue weighted by Gasteiger charge is 2.16. The molecule has 116 valence electrons. The summed E-state index contributed by atoms with van der Waals surface area (Å²) in [6.07, 6.45) is 2.78. The second kappa shape index (κ2) is 7.56. The molecule has 0 bridgehead atoms. The Morgan fingerprint density at radius 3 is 2.38 bits per heavy atom. The highest BCUT2D eigenvalue weighted by molar-refractivity contribution is 5.76. The number of hydrogen-bond donors (Lipinski definition) is 0. The van der Waals surface area contributed by atoms with E-state index in [1.807, 2.05) is 13.8 Å². The summed E-state index contributed by atoms with van der Waals surface area (Å²) >= 11 is 0. The lowest BCUT2D eigenvalue weighted by molar-refractivity contribution is -0.385. The van der Waals surface area contributed by atoms with Crippen LogP contribution < -0.4 is 5.56 Å². The zero-order chi connectivity index (χ0) is 16.0. The van der Waals surface area contributed by atoms with Crippen molar-refractivity contribution in [2.24, 2.45) is 0 Å². The molecule has 7 nitrogen and oxygen atoms in total. The van der Waals surface area contributed by atoms with Crippen LogP contribution >= 0.6 is 0 Å². The van der Waals surface area contributed by atoms with Crippen molar-refractivity contribution in [3.63, 3.8) is 0 Å². The second-order valence-corrected chi connectivity index (χ2v) is 4.95. The minimum absolute atomic E-state index is 0.165. The van der Waals surface area contributed by atoms with Gasteiger partial charge in [-0.2, -0.15) is 0 Å². The van der Waals surface area contributed by atoms with Gasteiger partial charge in [0.25, 0.3) is 11.2 Å². The highest BCUT2D eigenvalue weighted by atomic mass is 16.6. The first-order valence-electron chi connectivity index (χ1n) is 7.03. The number of amides is 1. The number of hydrogen-bond acceptors (Lipinski definition) is 4. The average Bonchev–Trinajstić information content (AvgIpc) is 2.43. The molecule has 0 N–H and O–H groups in total. The van der Waals surface area contributed by atoms with Crippen LogP contribution in [0.3, 0.4) is 0 Å². The van der Waals surface area contributed by atoms with Gasteiger partial charge in [-0.3, -0.25) is 24.3 Å². The van der Waals surface area contributed by atoms with Crippen molar-refractivity contribution in [1.82, 2.24) is 9.47 Å². The summed E-state index contributed by atoms with van der Waals surface area (Å²) in [7, 11) is 0. The number of aryl methyl sites for hydroxylation is 1. The molecule has 0 radical (unpaired) electrons. The van der Waals surface area contributed by atoms with Crippen molar-refractivity contribution in [3.05, 3.63) is 38.3 Å². The molecule has 1 aromatic heterocycles. The zero-order valence-corrected chi connectivity index (χ0v) is 12.7. The summed E-state index contributed by atoms with van der Waals surface area (Å²) in [5.74, 6) is -0.194. The predicted octanol–water partition coefficient (Wildman–Crippen LogP) is 1.71. The monoisotopic (exact) mass is 295 g/mol. The first-order valence-corrected chi connectivity index (χ1v) is 7.03. The van der Waals surface area contributed by atoms with Gasteiger partial charge in [0.15, 0.2) is 0 Å². The van der Waals surface area contributed by atoms with Crippen molar-refractivity contribution in [2.45, 2.75) is 40.2 Å². The van der Waals surface area contributed by atoms with Crippen molar-refractivity contribution in [1.29, 1.82) is 0 Å². The van der Waals surface area contributed by atoms with E-state index in [0.29, 0.717) is 13.1 Å². The van der Waals surface area contributed by atoms with Gasteiger partial charge in [-0.05, 0) is 19.8 Å². The van der Waals surface area contributed by atoms with Gasteiger partial charge in [0.2, 0.25) is 5.91 Å². The molecule has 0 spiro atoms. The number of rotatable bonds is 7. The molecule has 1 amide bonds. The lowest BCUT2D eigenvalue weighted by Crippen LogP contribution is -2.37. The fourth-order valence-electron chi connectivity index (χ4n) is 2.13. The van der Waals surface area contributed by atoms with Gasteiger partial charge in [-0.1, -0.05) is 13.8 Å². The summed E-state index contributed by atoms with van der Waals surface area (Å²) in [4.78, 5) is 36.2. The van der Waals surface area contributed by atoms with E-state index in [1.165, 1.54) is 13.0 Å². The SMILES string of the molecule is CCCN(CCC)C(=O)Cn1cc([N+](=O)[O-])cc(C)c1=O. The van der Waals surface area contributed by atoms with Crippen LogP contribution in [-0.4, -0.2) is 33.4 Å². The highest BCUT2D eigenvalue weighted by Crippen LogP contribution is 2.10. The molecule has 0 unspecified atom stereocenters. The molecular weight excluding hydrogens is 274 g/mol. The van der Waals surface area contributed by atoms with Crippen LogP contribution in [0.15, 0.2) is 17.1 Å². The molecule has 7 heteroatoms. The van der Waals surface area contributed by atoms with E-state index in [-0.39, 0.29) is 29.3 Å². The number of aromatic nitrogens is 1. The third-order valence-electron chi connectivity index (χ3n) is 3.11. The van der Waals surface area contributed by atoms with Gasteiger partial charge in [-0.25, -0.2) is 0 Å². The van der Waals surface area contributed by atoms with Crippen LogP contribution in [0.1, 0.15) is 32.3 Å². The van der Waals surface area contributed by atoms with Crippen molar-refractivity contribution >= 4 is 11.6 Å². The molecule has 0 atom stereocenters. The second-order valence-electron chi connectivity index (χ2n) is 4.95. The molecule has 0 saturated carbocycles. The van der Waals surface area contributed by atoms with Crippen LogP contribution in [0.5, 0.6) is 0 Å². The lowest BCUT2D eigenvalue weighted by atomic mass is 10.2. The van der Waals surface area contributed by atoms with E-state index < -0.39 is 4.92 Å². The van der Waals surface area contributed by atoms with Crippen LogP contribution in [0.25, 0.3) is 0 Å². The maximum absolute atomic E-state index is 12.2. The standard InChI is InChI=1S/C14H21N3O4/c1-4-6-15(7-5-2)13(18)10-16-9-12(17(20)21)8-11(3)14(16)19/h8-9H,4-7,10H2,1-3H3. The quantitative estimate of drug-likeness (QED) is 0.566. The largest absolute Gasteiger partial charge is 0.341 e. The maximum Gasteiger partial charge on any atom is 0.286 e. The van der Waals surface area contributed by atoms with Crippen LogP contribution in [0.4, 0.5) is 5.69 Å². The van der Waals surface area contributed by atoms with Crippen LogP contribution in [0.2, 0.25) is 0 Å². The Balaban J connectivity index is 3.03. The van der Waals surface area contributed by atoms with Crippen molar-refractivity contribution in [3.8, 4) is 0 Å². The summed E-state index contributed by atoms with van der Waals surface area (Å²) in [5, 5.41) is 10.8. The molecule has 0 aliphatic rings. The number of nitrogens with zero attached hydrogens (tertiary/aromatic N) is 3. The Morgan fingerprint density at radius 2 is 1.90 bits per heavy atom. The Hall–Kier alpha value is -2.18. The van der Waals surface area contributed by atoms with Crippen molar-refractivity contribution in [2.75, 3.05) is 13.1 Å². The number of nitro groups is 1. The number of carbonyl (C=O) groups excluding carboxylic acids is 1. The van der Waals surface area contributed by atoms with E-state index >= 15 is 0 Å². The Kier molecular flexibility index (Phi) is 6.08. The van der Waals surface area contributed by atoms with Gasteiger partial charge < -0.3 is 4.90 Å². The molecule has 1 heterocycles. The van der Waals surface area contributed by atoms with E-state index in [0.717, 1.165) is 23.6 Å². The molecule has 1 aromatic rings. The zero-order valence-electron chi connectivity index (χ0n) is 12.7. The van der Waals surface area contributed by atoms with E-state index in [2.05, 4.69) is 0 Å². The molecule has 0 fully saturated rings. The maximum atomic E-state index is 12.2. The minimum Gasteiger partial charge on any atom is -0.341 e. The molecule has 21 heavy (non-hydrogen) atoms. The minimum atomic E-state index is -0.566. The molecule has 0 saturated heterocycles. The third-order valence-corrected chi connectivity index (χ3v) is 3.11. The topological polar surface area (TPSA) is 85.4 Å². The summed E-state index contributed by atoms with van der Waals surface area (Å²) in [5.41, 5.74) is -0.297. The van der Waals surface area contributed by atoms with Gasteiger partial charge in [0.05, 0.1) is 11.1 Å². The molecule has 1 rings (SSSR count). The van der Waals surface area contributed by atoms with Gasteiger partial charge in [0, 0.05) is 24.7 Å². The third kappa shape index (κ3) is 4.40. The predicted molar refractivity (Wildman–Crippen MR) is 79.3 cm³/mol. The number of carbonyl (C=O) groups is 1. The van der Waals surface area contributed by atoms with Crippen LogP contribution in [-0.2, 0) is 11.3 Å². The molecular formula is C14H21N3O4. The average molecular weight is 295 g/mol.